The van der Waals surface area contributed by atoms with Crippen LogP contribution in [-0.2, 0) is 21.2 Å². The molecule has 30 heavy (non-hydrogen) atoms. The first-order valence-electron chi connectivity index (χ1n) is 9.79. The fourth-order valence-corrected chi connectivity index (χ4v) is 4.87. The maximum Gasteiger partial charge on any atom is 0.251 e. The average molecular weight is 437 g/mol. The normalized spacial score (nSPS) is 15.0. The molecule has 1 aliphatic heterocycles. The fraction of sp³-hybridized carbons (Fsp3) is 0.381. The largest absolute Gasteiger partial charge is 0.492 e. The second-order valence-electron chi connectivity index (χ2n) is 6.75. The second kappa shape index (κ2) is 10.0. The molecule has 0 spiro atoms. The third-order valence-corrected chi connectivity index (χ3v) is 6.73. The van der Waals surface area contributed by atoms with Crippen molar-refractivity contribution in [2.75, 3.05) is 39.5 Å². The molecule has 2 aromatic carbocycles. The van der Waals surface area contributed by atoms with Crippen LogP contribution in [0.1, 0.15) is 22.8 Å². The molecule has 9 heteroatoms. The lowest BCUT2D eigenvalue weighted by atomic mass is 10.1. The number of hydrogen-bond donors (Lipinski definition) is 1. The SMILES string of the molecule is CCc1ccc(C(=O)NCCOc2cccc(F)c2)cc1S(=O)(=O)N1CCOCC1. The smallest absolute Gasteiger partial charge is 0.251 e. The zero-order chi connectivity index (χ0) is 21.6. The van der Waals surface area contributed by atoms with E-state index in [2.05, 4.69) is 5.32 Å². The van der Waals surface area contributed by atoms with E-state index in [1.165, 1.54) is 28.6 Å². The van der Waals surface area contributed by atoms with Crippen molar-refractivity contribution in [2.24, 2.45) is 0 Å². The summed E-state index contributed by atoms with van der Waals surface area (Å²) in [6.07, 6.45) is 0.530. The van der Waals surface area contributed by atoms with Gasteiger partial charge in [0.1, 0.15) is 18.2 Å². The van der Waals surface area contributed by atoms with Gasteiger partial charge in [0.2, 0.25) is 10.0 Å². The fourth-order valence-electron chi connectivity index (χ4n) is 3.15. The van der Waals surface area contributed by atoms with Gasteiger partial charge in [-0.3, -0.25) is 4.79 Å². The lowest BCUT2D eigenvalue weighted by molar-refractivity contribution is 0.0730. The molecule has 0 radical (unpaired) electrons. The second-order valence-corrected chi connectivity index (χ2v) is 8.66. The van der Waals surface area contributed by atoms with Crippen molar-refractivity contribution < 1.29 is 27.1 Å². The van der Waals surface area contributed by atoms with E-state index in [-0.39, 0.29) is 23.6 Å². The van der Waals surface area contributed by atoms with Crippen molar-refractivity contribution >= 4 is 15.9 Å². The highest BCUT2D eigenvalue weighted by Gasteiger charge is 2.29. The molecule has 0 atom stereocenters. The molecular weight excluding hydrogens is 411 g/mol. The number of nitrogens with zero attached hydrogens (tertiary/aromatic N) is 1. The quantitative estimate of drug-likeness (QED) is 0.642. The minimum absolute atomic E-state index is 0.149. The number of hydrogen-bond acceptors (Lipinski definition) is 5. The predicted octanol–water partition coefficient (Wildman–Crippen LogP) is 2.22. The number of morpholine rings is 1. The van der Waals surface area contributed by atoms with E-state index in [1.54, 1.807) is 18.2 Å². The summed E-state index contributed by atoms with van der Waals surface area (Å²) in [5, 5.41) is 2.69. The number of carbonyl (C=O) groups excluding carboxylic acids is 1. The van der Waals surface area contributed by atoms with Gasteiger partial charge in [-0.15, -0.1) is 0 Å². The molecule has 1 saturated heterocycles. The maximum absolute atomic E-state index is 13.1. The number of amides is 1. The first-order chi connectivity index (χ1) is 14.4. The summed E-state index contributed by atoms with van der Waals surface area (Å²) in [7, 11) is -3.71. The number of sulfonamides is 1. The highest BCUT2D eigenvalue weighted by molar-refractivity contribution is 7.89. The Morgan fingerprint density at radius 3 is 2.67 bits per heavy atom. The van der Waals surface area contributed by atoms with Crippen LogP contribution in [-0.4, -0.2) is 58.1 Å². The van der Waals surface area contributed by atoms with Gasteiger partial charge in [0.25, 0.3) is 5.91 Å². The lowest BCUT2D eigenvalue weighted by Gasteiger charge is -2.27. The summed E-state index contributed by atoms with van der Waals surface area (Å²) in [5.74, 6) is -0.434. The third-order valence-electron chi connectivity index (χ3n) is 4.75. The number of benzene rings is 2. The van der Waals surface area contributed by atoms with Gasteiger partial charge >= 0.3 is 0 Å². The zero-order valence-corrected chi connectivity index (χ0v) is 17.6. The Bertz CT molecular complexity index is 991. The summed E-state index contributed by atoms with van der Waals surface area (Å²) in [4.78, 5) is 12.7. The minimum atomic E-state index is -3.71. The van der Waals surface area contributed by atoms with Gasteiger partial charge in [0.15, 0.2) is 0 Å². The Balaban J connectivity index is 1.66. The highest BCUT2D eigenvalue weighted by atomic mass is 32.2. The topological polar surface area (TPSA) is 84.9 Å². The summed E-state index contributed by atoms with van der Waals surface area (Å²) in [6, 6.07) is 10.4. The van der Waals surface area contributed by atoms with Crippen molar-refractivity contribution in [3.63, 3.8) is 0 Å². The molecule has 0 bridgehead atoms. The molecule has 0 aromatic heterocycles. The van der Waals surface area contributed by atoms with Gasteiger partial charge in [-0.25, -0.2) is 12.8 Å². The van der Waals surface area contributed by atoms with Crippen molar-refractivity contribution in [3.05, 3.63) is 59.4 Å². The Hall–Kier alpha value is -2.49. The van der Waals surface area contributed by atoms with E-state index in [9.17, 15) is 17.6 Å². The molecule has 1 aliphatic rings. The maximum atomic E-state index is 13.1. The van der Waals surface area contributed by atoms with Crippen LogP contribution in [0, 0.1) is 5.82 Å². The van der Waals surface area contributed by atoms with E-state index in [0.29, 0.717) is 44.0 Å². The molecule has 0 aliphatic carbocycles. The van der Waals surface area contributed by atoms with E-state index < -0.39 is 21.7 Å². The van der Waals surface area contributed by atoms with Crippen molar-refractivity contribution in [3.8, 4) is 5.75 Å². The monoisotopic (exact) mass is 436 g/mol. The Kier molecular flexibility index (Phi) is 7.41. The first-order valence-corrected chi connectivity index (χ1v) is 11.2. The molecule has 0 saturated carbocycles. The Morgan fingerprint density at radius 2 is 1.97 bits per heavy atom. The highest BCUT2D eigenvalue weighted by Crippen LogP contribution is 2.23. The van der Waals surface area contributed by atoms with Gasteiger partial charge in [0.05, 0.1) is 24.7 Å². The lowest BCUT2D eigenvalue weighted by Crippen LogP contribution is -2.41. The number of nitrogens with one attached hydrogen (secondary N) is 1. The summed E-state index contributed by atoms with van der Waals surface area (Å²) in [5.41, 5.74) is 0.914. The number of carbonyl (C=O) groups is 1. The molecule has 1 heterocycles. The van der Waals surface area contributed by atoms with Crippen LogP contribution in [0.2, 0.25) is 0 Å². The van der Waals surface area contributed by atoms with Crippen LogP contribution in [0.3, 0.4) is 0 Å². The van der Waals surface area contributed by atoms with Crippen LogP contribution in [0.5, 0.6) is 5.75 Å². The molecule has 1 N–H and O–H groups in total. The van der Waals surface area contributed by atoms with Crippen LogP contribution in [0.15, 0.2) is 47.4 Å². The molecular formula is C21H25FN2O5S. The summed E-state index contributed by atoms with van der Waals surface area (Å²) in [6.45, 7) is 3.51. The average Bonchev–Trinajstić information content (AvgIpc) is 2.76. The van der Waals surface area contributed by atoms with Gasteiger partial charge in [-0.05, 0) is 36.2 Å². The van der Waals surface area contributed by atoms with E-state index in [0.717, 1.165) is 0 Å². The summed E-state index contributed by atoms with van der Waals surface area (Å²) < 4.78 is 51.3. The summed E-state index contributed by atoms with van der Waals surface area (Å²) >= 11 is 0. The van der Waals surface area contributed by atoms with Crippen LogP contribution in [0.25, 0.3) is 0 Å². The number of rotatable bonds is 8. The Labute approximate surface area is 175 Å². The van der Waals surface area contributed by atoms with Crippen molar-refractivity contribution in [2.45, 2.75) is 18.2 Å². The molecule has 7 nitrogen and oxygen atoms in total. The molecule has 162 valence electrons. The zero-order valence-electron chi connectivity index (χ0n) is 16.8. The van der Waals surface area contributed by atoms with Crippen LogP contribution >= 0.6 is 0 Å². The predicted molar refractivity (Wildman–Crippen MR) is 110 cm³/mol. The third kappa shape index (κ3) is 5.35. The number of aryl methyl sites for hydroxylation is 1. The van der Waals surface area contributed by atoms with Gasteiger partial charge in [0, 0.05) is 24.7 Å². The van der Waals surface area contributed by atoms with Gasteiger partial charge in [-0.1, -0.05) is 19.1 Å². The molecule has 1 amide bonds. The standard InChI is InChI=1S/C21H25FN2O5S/c1-2-16-6-7-17(14-20(16)30(26,27)24-9-12-28-13-10-24)21(25)23-8-11-29-19-5-3-4-18(22)15-19/h3-7,14-15H,2,8-13H2,1H3,(H,23,25). The minimum Gasteiger partial charge on any atom is -0.492 e. The van der Waals surface area contributed by atoms with Crippen molar-refractivity contribution in [1.82, 2.24) is 9.62 Å². The van der Waals surface area contributed by atoms with E-state index in [4.69, 9.17) is 9.47 Å². The first kappa shape index (κ1) is 22.2. The molecule has 1 fully saturated rings. The number of halogens is 1. The van der Waals surface area contributed by atoms with Crippen LogP contribution < -0.4 is 10.1 Å². The molecule has 2 aromatic rings. The molecule has 3 rings (SSSR count). The molecule has 0 unspecified atom stereocenters. The van der Waals surface area contributed by atoms with Crippen LogP contribution in [0.4, 0.5) is 4.39 Å². The Morgan fingerprint density at radius 1 is 1.20 bits per heavy atom. The van der Waals surface area contributed by atoms with Gasteiger partial charge in [-0.2, -0.15) is 4.31 Å². The van der Waals surface area contributed by atoms with E-state index >= 15 is 0 Å². The van der Waals surface area contributed by atoms with Gasteiger partial charge < -0.3 is 14.8 Å². The van der Waals surface area contributed by atoms with Crippen molar-refractivity contribution in [1.29, 1.82) is 0 Å². The number of ether oxygens (including phenoxy) is 2. The van der Waals surface area contributed by atoms with E-state index in [1.807, 2.05) is 6.92 Å².